The standard InChI is InChI=1S/C84H59B2N5S2/c1-87(60-34-14-4-15-35-60)82-68-47-27-29-49-78(68)92-83(82)85-69-51-50-59(79(57-30-10-2-11-31-57)58-32-12-3-13-33-58)52-72(69)89(63-40-20-7-21-41-63)73-56-74-71(55-70(73)85)86-80-67-46-26-28-48-77(67)93-84(80)91(65-44-24-9-25-45-65)76-54-66(53-75(81(76)86)90(74)64-42-22-8-23-43-64)88(61-36-16-5-17-37-61)62-38-18-6-19-39-62/h2-56,79H,1H3. The van der Waals surface area contributed by atoms with E-state index in [1.165, 1.54) is 79.6 Å². The molecule has 13 aromatic carbocycles. The van der Waals surface area contributed by atoms with Crippen LogP contribution in [-0.4, -0.2) is 20.5 Å². The van der Waals surface area contributed by atoms with E-state index in [0.717, 1.165) is 68.2 Å². The molecule has 3 aliphatic rings. The Morgan fingerprint density at radius 3 is 1.30 bits per heavy atom. The molecule has 93 heavy (non-hydrogen) atoms. The van der Waals surface area contributed by atoms with Crippen LogP contribution in [0.2, 0.25) is 0 Å². The lowest BCUT2D eigenvalue weighted by atomic mass is 9.31. The van der Waals surface area contributed by atoms with Crippen LogP contribution in [0.15, 0.2) is 334 Å². The van der Waals surface area contributed by atoms with Gasteiger partial charge in [-0.2, -0.15) is 0 Å². The number of thiophene rings is 2. The molecular weight excluding hydrogens is 1160 g/mol. The van der Waals surface area contributed by atoms with Crippen molar-refractivity contribution in [1.82, 2.24) is 0 Å². The summed E-state index contributed by atoms with van der Waals surface area (Å²) < 4.78 is 3.82. The van der Waals surface area contributed by atoms with Crippen LogP contribution >= 0.6 is 22.7 Å². The molecule has 0 N–H and O–H groups in total. The summed E-state index contributed by atoms with van der Waals surface area (Å²) in [5, 5.41) is 3.75. The highest BCUT2D eigenvalue weighted by molar-refractivity contribution is 7.33. The van der Waals surface area contributed by atoms with Gasteiger partial charge in [-0.1, -0.05) is 224 Å². The Bertz CT molecular complexity index is 5190. The third-order valence-corrected chi connectivity index (χ3v) is 21.5. The molecule has 0 fully saturated rings. The van der Waals surface area contributed by atoms with Gasteiger partial charge in [0, 0.05) is 95.1 Å². The first-order valence-corrected chi connectivity index (χ1v) is 33.6. The van der Waals surface area contributed by atoms with Crippen molar-refractivity contribution >= 4 is 167 Å². The molecule has 0 atom stereocenters. The van der Waals surface area contributed by atoms with Crippen molar-refractivity contribution < 1.29 is 0 Å². The van der Waals surface area contributed by atoms with Crippen molar-refractivity contribution in [2.45, 2.75) is 5.92 Å². The fraction of sp³-hybridized carbons (Fsp3) is 0.0238. The van der Waals surface area contributed by atoms with Crippen molar-refractivity contribution in [1.29, 1.82) is 0 Å². The summed E-state index contributed by atoms with van der Waals surface area (Å²) >= 11 is 3.84. The van der Waals surface area contributed by atoms with Crippen molar-refractivity contribution in [2.24, 2.45) is 0 Å². The molecule has 5 nitrogen and oxygen atoms in total. The van der Waals surface area contributed by atoms with Gasteiger partial charge in [-0.05, 0) is 159 Å². The summed E-state index contributed by atoms with van der Waals surface area (Å²) in [4.78, 5) is 12.7. The van der Waals surface area contributed by atoms with E-state index >= 15 is 0 Å². The first kappa shape index (κ1) is 54.8. The second-order valence-electron chi connectivity index (χ2n) is 24.3. The van der Waals surface area contributed by atoms with Crippen LogP contribution in [0, 0.1) is 0 Å². The van der Waals surface area contributed by atoms with Gasteiger partial charge in [-0.15, -0.1) is 22.7 Å². The Labute approximate surface area is 551 Å². The number of hydrogen-bond acceptors (Lipinski definition) is 7. The molecular formula is C84H59B2N5S2. The molecule has 0 bridgehead atoms. The first-order chi connectivity index (χ1) is 46.1. The lowest BCUT2D eigenvalue weighted by Gasteiger charge is -2.45. The van der Waals surface area contributed by atoms with E-state index in [0.29, 0.717) is 0 Å². The normalized spacial score (nSPS) is 12.8. The Morgan fingerprint density at radius 2 is 0.742 bits per heavy atom. The van der Waals surface area contributed by atoms with Crippen LogP contribution in [0.1, 0.15) is 22.6 Å². The molecule has 0 radical (unpaired) electrons. The maximum absolute atomic E-state index is 2.67. The number of anilines is 14. The number of nitrogens with zero attached hydrogens (tertiary/aromatic N) is 5. The maximum Gasteiger partial charge on any atom is 0.261 e. The van der Waals surface area contributed by atoms with Gasteiger partial charge < -0.3 is 24.5 Å². The van der Waals surface area contributed by atoms with Crippen molar-refractivity contribution in [2.75, 3.05) is 31.5 Å². The fourth-order valence-corrected chi connectivity index (χ4v) is 17.9. The Hall–Kier alpha value is -11.1. The predicted molar refractivity (Wildman–Crippen MR) is 400 cm³/mol. The van der Waals surface area contributed by atoms with E-state index in [1.54, 1.807) is 0 Å². The van der Waals surface area contributed by atoms with Crippen LogP contribution < -0.4 is 56.6 Å². The van der Waals surface area contributed by atoms with Crippen molar-refractivity contribution in [3.8, 4) is 0 Å². The Balaban J connectivity index is 0.982. The molecule has 3 aliphatic heterocycles. The average molecular weight is 1220 g/mol. The molecule has 18 rings (SSSR count). The second-order valence-corrected chi connectivity index (χ2v) is 26.5. The topological polar surface area (TPSA) is 16.2 Å². The molecule has 0 unspecified atom stereocenters. The Kier molecular flexibility index (Phi) is 13.4. The van der Waals surface area contributed by atoms with E-state index in [1.807, 2.05) is 22.7 Å². The fourth-order valence-electron chi connectivity index (χ4n) is 15.2. The van der Waals surface area contributed by atoms with Crippen molar-refractivity contribution in [3.05, 3.63) is 350 Å². The molecule has 15 aromatic rings. The summed E-state index contributed by atoms with van der Waals surface area (Å²) in [5.41, 5.74) is 24.7. The van der Waals surface area contributed by atoms with E-state index < -0.39 is 0 Å². The molecule has 5 heterocycles. The third-order valence-electron chi connectivity index (χ3n) is 19.1. The minimum absolute atomic E-state index is 0.0287. The quantitative estimate of drug-likeness (QED) is 0.0892. The number of benzene rings is 13. The zero-order valence-corrected chi connectivity index (χ0v) is 52.7. The number of hydrogen-bond donors (Lipinski definition) is 0. The third kappa shape index (κ3) is 9.05. The zero-order chi connectivity index (χ0) is 61.5. The van der Waals surface area contributed by atoms with Crippen LogP contribution in [0.3, 0.4) is 0 Å². The van der Waals surface area contributed by atoms with E-state index in [4.69, 9.17) is 0 Å². The summed E-state index contributed by atoms with van der Waals surface area (Å²) in [7, 11) is 2.26. The lowest BCUT2D eigenvalue weighted by Crippen LogP contribution is -2.63. The largest absolute Gasteiger partial charge is 0.344 e. The van der Waals surface area contributed by atoms with Gasteiger partial charge in [0.05, 0.1) is 16.4 Å². The van der Waals surface area contributed by atoms with Gasteiger partial charge in [0.1, 0.15) is 0 Å². The molecule has 0 spiro atoms. The number of rotatable bonds is 12. The maximum atomic E-state index is 2.67. The summed E-state index contributed by atoms with van der Waals surface area (Å²) in [6.07, 6.45) is 0. The highest BCUT2D eigenvalue weighted by Crippen LogP contribution is 2.52. The highest BCUT2D eigenvalue weighted by atomic mass is 32.1. The average Bonchev–Trinajstić information content (AvgIpc) is 1.67. The molecule has 0 amide bonds. The first-order valence-electron chi connectivity index (χ1n) is 32.0. The van der Waals surface area contributed by atoms with Gasteiger partial charge in [0.25, 0.3) is 13.4 Å². The molecule has 438 valence electrons. The SMILES string of the molecule is CN(c1ccccc1)c1c(B2c3ccc(C(c4ccccc4)c4ccccc4)cc3N(c3ccccc3)c3cc4c(cc32)B2c3c(cc(N(c5ccccc5)c5ccccc5)cc3N(c3ccccc3)c3sc5ccccc5c32)N4c2ccccc2)sc2ccccc12. The molecule has 0 aliphatic carbocycles. The van der Waals surface area contributed by atoms with Crippen LogP contribution in [0.4, 0.5) is 78.9 Å². The molecule has 0 saturated carbocycles. The highest BCUT2D eigenvalue weighted by Gasteiger charge is 2.49. The molecule has 0 saturated heterocycles. The van der Waals surface area contributed by atoms with Gasteiger partial charge in [-0.3, -0.25) is 0 Å². The van der Waals surface area contributed by atoms with E-state index in [-0.39, 0.29) is 19.3 Å². The van der Waals surface area contributed by atoms with Gasteiger partial charge >= 0.3 is 0 Å². The summed E-state index contributed by atoms with van der Waals surface area (Å²) in [6, 6.07) is 124. The molecule has 2 aromatic heterocycles. The number of para-hydroxylation sites is 6. The second kappa shape index (κ2) is 22.7. The monoisotopic (exact) mass is 1220 g/mol. The summed E-state index contributed by atoms with van der Waals surface area (Å²) in [5.74, 6) is -0.0287. The van der Waals surface area contributed by atoms with Crippen LogP contribution in [-0.2, 0) is 0 Å². The van der Waals surface area contributed by atoms with Gasteiger partial charge in [0.2, 0.25) is 0 Å². The lowest BCUT2D eigenvalue weighted by molar-refractivity contribution is 0.977. The zero-order valence-electron chi connectivity index (χ0n) is 51.0. The smallest absolute Gasteiger partial charge is 0.261 e. The predicted octanol–water partition coefficient (Wildman–Crippen LogP) is 18.9. The van der Waals surface area contributed by atoms with Gasteiger partial charge in [0.15, 0.2) is 0 Å². The van der Waals surface area contributed by atoms with Gasteiger partial charge in [-0.25, -0.2) is 0 Å². The summed E-state index contributed by atoms with van der Waals surface area (Å²) in [6.45, 7) is -0.389. The minimum atomic E-state index is -0.207. The molecule has 9 heteroatoms. The Morgan fingerprint density at radius 1 is 0.312 bits per heavy atom. The van der Waals surface area contributed by atoms with E-state index in [9.17, 15) is 0 Å². The van der Waals surface area contributed by atoms with E-state index in [2.05, 4.69) is 365 Å². The number of fused-ring (bicyclic) bond motifs is 9. The van der Waals surface area contributed by atoms with Crippen LogP contribution in [0.5, 0.6) is 0 Å². The van der Waals surface area contributed by atoms with Crippen molar-refractivity contribution in [3.63, 3.8) is 0 Å². The minimum Gasteiger partial charge on any atom is -0.344 e. The van der Waals surface area contributed by atoms with Crippen LogP contribution in [0.25, 0.3) is 20.2 Å².